The van der Waals surface area contributed by atoms with E-state index in [0.717, 1.165) is 10.7 Å². The van der Waals surface area contributed by atoms with Crippen LogP contribution in [0.15, 0.2) is 60.4 Å². The lowest BCUT2D eigenvalue weighted by molar-refractivity contribution is -0.160. The van der Waals surface area contributed by atoms with Crippen LogP contribution in [0.3, 0.4) is 0 Å². The molecule has 300 valence electrons. The van der Waals surface area contributed by atoms with E-state index < -0.39 is 107 Å². The molecule has 1 amide bonds. The lowest BCUT2D eigenvalue weighted by Crippen LogP contribution is -2.46. The normalized spacial score (nSPS) is 28.8. The molecule has 4 bridgehead atoms. The number of fused-ring (bicyclic) bond motifs is 5. The highest BCUT2D eigenvalue weighted by Gasteiger charge is 2.39. The van der Waals surface area contributed by atoms with Gasteiger partial charge in [0.05, 0.1) is 42.1 Å². The number of cyclic esters (lactones) is 1. The maximum atomic E-state index is 14.4. The summed E-state index contributed by atoms with van der Waals surface area (Å²) in [7, 11) is 1.39. The highest BCUT2D eigenvalue weighted by Crippen LogP contribution is 2.51. The third kappa shape index (κ3) is 7.81. The number of hydrogen-bond donors (Lipinski definition) is 5. The number of hydrogen-bond acceptors (Lipinski definition) is 12. The van der Waals surface area contributed by atoms with Crippen LogP contribution in [-0.4, -0.2) is 85.8 Å². The first-order valence-electron chi connectivity index (χ1n) is 20.3. The molecule has 2 aromatic heterocycles. The number of amides is 1. The standard InChI is InChI=1S/C42H51N3O11/c1-10-54-40-25(7)37(49)30-29-31(40)42(52)55-19-17-27(53-9)22(4)39(56-26(8)46)24(6)36(48)23(5)35(47)20(2)14-13-15-21(3)41(51)44-33(38(30)50)34-32(29)43-28-16-11-12-18-45(28)34/h11-20,22-24,27,35-36,39,47-50H,10H2,1-9H3,(H,44,51)/b14-13+,19-17+,21-15+/t20-,22+,23+,24+,27-,35-,36+,39+/m0/s1/i11D,12D,16D,18D. The van der Waals surface area contributed by atoms with Crippen LogP contribution in [0, 0.1) is 30.6 Å². The molecule has 0 radical (unpaired) electrons. The number of pyridine rings is 1. The predicted octanol–water partition coefficient (Wildman–Crippen LogP) is 6.10. The Morgan fingerprint density at radius 1 is 1.02 bits per heavy atom. The zero-order chi connectivity index (χ0) is 44.7. The molecule has 5 rings (SSSR count). The highest BCUT2D eigenvalue weighted by molar-refractivity contribution is 6.26. The minimum absolute atomic E-state index is 0.00218. The summed E-state index contributed by atoms with van der Waals surface area (Å²) in [6.45, 7) is 12.5. The first-order chi connectivity index (χ1) is 28.2. The average molecular weight is 778 g/mol. The molecule has 0 saturated heterocycles. The van der Waals surface area contributed by atoms with Crippen molar-refractivity contribution in [3.63, 3.8) is 0 Å². The van der Waals surface area contributed by atoms with Crippen LogP contribution in [0.25, 0.3) is 27.5 Å². The number of nitrogens with zero attached hydrogens (tertiary/aromatic N) is 2. The average Bonchev–Trinajstić information content (AvgIpc) is 3.61. The van der Waals surface area contributed by atoms with Gasteiger partial charge in [0.25, 0.3) is 5.91 Å². The maximum absolute atomic E-state index is 14.4. The van der Waals surface area contributed by atoms with Crippen LogP contribution in [-0.2, 0) is 23.8 Å². The second-order valence-electron chi connectivity index (χ2n) is 14.2. The summed E-state index contributed by atoms with van der Waals surface area (Å²) in [5, 5.41) is 48.6. The van der Waals surface area contributed by atoms with Gasteiger partial charge in [-0.15, -0.1) is 0 Å². The van der Waals surface area contributed by atoms with Crippen molar-refractivity contribution >= 4 is 51.0 Å². The third-order valence-electron chi connectivity index (χ3n) is 10.5. The monoisotopic (exact) mass is 777 g/mol. The number of phenolic OH excluding ortho intramolecular Hbond substituents is 2. The van der Waals surface area contributed by atoms with Gasteiger partial charge in [-0.25, -0.2) is 9.78 Å². The maximum Gasteiger partial charge on any atom is 0.347 e. The van der Waals surface area contributed by atoms with Crippen LogP contribution in [0.5, 0.6) is 17.2 Å². The molecule has 0 unspecified atom stereocenters. The molecule has 0 spiro atoms. The largest absolute Gasteiger partial charge is 0.507 e. The van der Waals surface area contributed by atoms with E-state index in [1.54, 1.807) is 40.7 Å². The van der Waals surface area contributed by atoms with Crippen molar-refractivity contribution in [1.29, 1.82) is 0 Å². The Hall–Kier alpha value is -5.44. The third-order valence-corrected chi connectivity index (χ3v) is 10.5. The molecule has 2 aromatic carbocycles. The number of nitrogens with one attached hydrogen (secondary N) is 1. The molecule has 8 atom stereocenters. The molecule has 0 saturated carbocycles. The van der Waals surface area contributed by atoms with Crippen LogP contribution in [0.4, 0.5) is 5.69 Å². The van der Waals surface area contributed by atoms with Gasteiger partial charge >= 0.3 is 11.9 Å². The minimum atomic E-state index is -1.18. The van der Waals surface area contributed by atoms with Gasteiger partial charge in [-0.1, -0.05) is 52.0 Å². The number of aromatic hydroxyl groups is 2. The van der Waals surface area contributed by atoms with Gasteiger partial charge < -0.3 is 44.7 Å². The number of phenols is 2. The van der Waals surface area contributed by atoms with Gasteiger partial charge in [-0.05, 0) is 38.9 Å². The molecule has 56 heavy (non-hydrogen) atoms. The van der Waals surface area contributed by atoms with Crippen LogP contribution >= 0.6 is 0 Å². The van der Waals surface area contributed by atoms with E-state index in [1.807, 2.05) is 0 Å². The van der Waals surface area contributed by atoms with Crippen molar-refractivity contribution in [1.82, 2.24) is 9.38 Å². The molecule has 1 aliphatic heterocycles. The number of aliphatic hydroxyl groups is 2. The van der Waals surface area contributed by atoms with Gasteiger partial charge in [0, 0.05) is 60.4 Å². The van der Waals surface area contributed by atoms with E-state index >= 15 is 0 Å². The Morgan fingerprint density at radius 3 is 2.39 bits per heavy atom. The van der Waals surface area contributed by atoms with Gasteiger partial charge in [0.15, 0.2) is 5.75 Å². The molecule has 0 fully saturated rings. The van der Waals surface area contributed by atoms with Gasteiger partial charge in [0.1, 0.15) is 45.5 Å². The fourth-order valence-corrected chi connectivity index (χ4v) is 7.28. The fraction of sp³-hybridized carbons (Fsp3) is 0.429. The Balaban J connectivity index is 1.88. The first-order valence-corrected chi connectivity index (χ1v) is 18.3. The molecular formula is C42H51N3O11. The van der Waals surface area contributed by atoms with E-state index in [2.05, 4.69) is 10.3 Å². The van der Waals surface area contributed by atoms with E-state index in [4.69, 9.17) is 24.4 Å². The van der Waals surface area contributed by atoms with Crippen LogP contribution < -0.4 is 10.1 Å². The lowest BCUT2D eigenvalue weighted by atomic mass is 9.78. The number of rotatable bonds is 4. The molecule has 5 N–H and O–H groups in total. The van der Waals surface area contributed by atoms with Crippen molar-refractivity contribution in [3.8, 4) is 17.2 Å². The lowest BCUT2D eigenvalue weighted by Gasteiger charge is -2.38. The van der Waals surface area contributed by atoms with Crippen molar-refractivity contribution in [2.24, 2.45) is 23.7 Å². The Kier molecular flexibility index (Phi) is 11.1. The molecular weight excluding hydrogens is 722 g/mol. The Bertz CT molecular complexity index is 2460. The molecule has 3 heterocycles. The number of methoxy groups -OCH3 is 1. The second kappa shape index (κ2) is 17.1. The topological polar surface area (TPSA) is 198 Å². The number of aliphatic hydroxyl groups excluding tert-OH is 2. The summed E-state index contributed by atoms with van der Waals surface area (Å²) >= 11 is 0. The summed E-state index contributed by atoms with van der Waals surface area (Å²) < 4.78 is 58.3. The fourth-order valence-electron chi connectivity index (χ4n) is 7.28. The summed E-state index contributed by atoms with van der Waals surface area (Å²) in [5.74, 6) is -6.66. The number of esters is 2. The Labute approximate surface area is 330 Å². The van der Waals surface area contributed by atoms with Crippen LogP contribution in [0.1, 0.15) is 69.9 Å². The number of imidazole rings is 1. The number of benzene rings is 2. The number of carbonyl (C=O) groups excluding carboxylic acids is 3. The summed E-state index contributed by atoms with van der Waals surface area (Å²) in [5.41, 5.74) is -1.45. The zero-order valence-corrected chi connectivity index (χ0v) is 32.8. The molecule has 4 aromatic rings. The number of ether oxygens (including phenoxy) is 4. The number of aromatic nitrogens is 2. The number of allylic oxidation sites excluding steroid dienone is 2. The predicted molar refractivity (Wildman–Crippen MR) is 211 cm³/mol. The molecule has 14 nitrogen and oxygen atoms in total. The van der Waals surface area contributed by atoms with Gasteiger partial charge in [0.2, 0.25) is 0 Å². The zero-order valence-electron chi connectivity index (χ0n) is 36.8. The SMILES string of the molecule is [2H]c1c([2H])c([2H])n2c(nc3c4c5c(OCC)c(C)c(O)c4c(O)c(c32)NC(=O)/C(C)=C/C=C/[C@H](C)[C@H](O)[C@@H](C)[C@@H](O)[C@@H](C)[C@H](OC(C)=O)[C@H](C)[C@@H](OC)/C=C/OC5=O)c1[2H]. The smallest absolute Gasteiger partial charge is 0.347 e. The van der Waals surface area contributed by atoms with Crippen molar-refractivity contribution in [2.45, 2.75) is 79.8 Å². The van der Waals surface area contributed by atoms with E-state index in [9.17, 15) is 34.8 Å². The van der Waals surface area contributed by atoms with Crippen LogP contribution in [0.2, 0.25) is 0 Å². The Morgan fingerprint density at radius 2 is 1.73 bits per heavy atom. The molecule has 1 aliphatic rings. The van der Waals surface area contributed by atoms with E-state index in [-0.39, 0.29) is 56.5 Å². The van der Waals surface area contributed by atoms with Crippen molar-refractivity contribution in [2.75, 3.05) is 19.0 Å². The van der Waals surface area contributed by atoms with Crippen molar-refractivity contribution in [3.05, 3.63) is 71.6 Å². The van der Waals surface area contributed by atoms with Gasteiger partial charge in [-0.2, -0.15) is 0 Å². The van der Waals surface area contributed by atoms with E-state index in [1.165, 1.54) is 46.1 Å². The van der Waals surface area contributed by atoms with Crippen molar-refractivity contribution < 1.29 is 59.2 Å². The van der Waals surface area contributed by atoms with Gasteiger partial charge in [-0.3, -0.25) is 14.0 Å². The second-order valence-corrected chi connectivity index (χ2v) is 14.2. The van der Waals surface area contributed by atoms with E-state index in [0.29, 0.717) is 0 Å². The molecule has 0 aliphatic carbocycles. The first kappa shape index (κ1) is 36.2. The summed E-state index contributed by atoms with van der Waals surface area (Å²) in [4.78, 5) is 45.2. The minimum Gasteiger partial charge on any atom is -0.507 e. The summed E-state index contributed by atoms with van der Waals surface area (Å²) in [6.07, 6.45) is 2.28. The number of anilines is 1. The number of carbonyl (C=O) groups is 3. The quantitative estimate of drug-likeness (QED) is 0.118. The molecule has 14 heteroatoms. The summed E-state index contributed by atoms with van der Waals surface area (Å²) in [6, 6.07) is -1.86. The highest BCUT2D eigenvalue weighted by atomic mass is 16.5.